The Balaban J connectivity index is 2.59. The highest BCUT2D eigenvalue weighted by Crippen LogP contribution is 2.35. The normalized spacial score (nSPS) is 12.2. The number of nitrogens with two attached hydrogens (primary N) is 1. The zero-order chi connectivity index (χ0) is 22.3. The molecule has 0 aliphatic carbocycles. The average Bonchev–Trinajstić information content (AvgIpc) is 3.09. The van der Waals surface area contributed by atoms with Gasteiger partial charge in [-0.15, -0.1) is 0 Å². The molecule has 158 valence electrons. The van der Waals surface area contributed by atoms with Crippen molar-refractivity contribution in [2.24, 2.45) is 5.73 Å². The van der Waals surface area contributed by atoms with E-state index in [1.54, 1.807) is 18.2 Å². The standard InChI is InChI=1S/C20H20N2O6S2/c1-3-29(25,26)18-16(17(23)13-8-6-5-7-9-13)15-11-10-14(19(21)24)12-22(15)20(18)30(27,28)4-2/h5-12H,3-4H2,1-2H3,(H2,21,24). The summed E-state index contributed by atoms with van der Waals surface area (Å²) < 4.78 is 53.0. The summed E-state index contributed by atoms with van der Waals surface area (Å²) in [7, 11) is -8.24. The fourth-order valence-electron chi connectivity index (χ4n) is 3.16. The lowest BCUT2D eigenvalue weighted by Gasteiger charge is -2.08. The zero-order valence-corrected chi connectivity index (χ0v) is 18.0. The van der Waals surface area contributed by atoms with Crippen molar-refractivity contribution in [3.05, 3.63) is 65.4 Å². The number of sulfone groups is 2. The number of rotatable bonds is 7. The summed E-state index contributed by atoms with van der Waals surface area (Å²) in [6.45, 7) is 2.74. The summed E-state index contributed by atoms with van der Waals surface area (Å²) in [6.07, 6.45) is 1.15. The van der Waals surface area contributed by atoms with Gasteiger partial charge in [0.05, 0.1) is 28.1 Å². The fraction of sp³-hybridized carbons (Fsp3) is 0.200. The van der Waals surface area contributed by atoms with E-state index in [1.165, 1.54) is 38.1 Å². The maximum absolute atomic E-state index is 13.3. The molecule has 2 heterocycles. The molecule has 8 nitrogen and oxygen atoms in total. The summed E-state index contributed by atoms with van der Waals surface area (Å²) >= 11 is 0. The number of nitrogens with zero attached hydrogens (tertiary/aromatic N) is 1. The zero-order valence-electron chi connectivity index (χ0n) is 16.3. The Labute approximate surface area is 174 Å². The van der Waals surface area contributed by atoms with Crippen LogP contribution in [0.25, 0.3) is 5.52 Å². The Morgan fingerprint density at radius 1 is 0.867 bits per heavy atom. The summed E-state index contributed by atoms with van der Waals surface area (Å²) in [5, 5.41) is -0.538. The smallest absolute Gasteiger partial charge is 0.250 e. The molecule has 0 aliphatic heterocycles. The molecule has 10 heteroatoms. The molecule has 0 bridgehead atoms. The molecule has 3 rings (SSSR count). The second-order valence-electron chi connectivity index (χ2n) is 6.55. The van der Waals surface area contributed by atoms with Crippen LogP contribution in [0.1, 0.15) is 40.1 Å². The lowest BCUT2D eigenvalue weighted by molar-refractivity contribution is 0.0998. The Morgan fingerprint density at radius 2 is 1.47 bits per heavy atom. The SMILES string of the molecule is CCS(=O)(=O)c1c(C(=O)c2ccccc2)c2ccc(C(N)=O)cn2c1S(=O)(=O)CC. The van der Waals surface area contributed by atoms with Gasteiger partial charge in [0.2, 0.25) is 5.91 Å². The van der Waals surface area contributed by atoms with Crippen molar-refractivity contribution >= 4 is 36.9 Å². The molecule has 0 saturated carbocycles. The number of carbonyl (C=O) groups excluding carboxylic acids is 2. The highest BCUT2D eigenvalue weighted by Gasteiger charge is 2.36. The number of fused-ring (bicyclic) bond motifs is 1. The van der Waals surface area contributed by atoms with E-state index in [1.807, 2.05) is 0 Å². The summed E-state index contributed by atoms with van der Waals surface area (Å²) in [5.74, 6) is -2.26. The topological polar surface area (TPSA) is 133 Å². The third-order valence-corrected chi connectivity index (χ3v) is 8.42. The molecule has 0 unspecified atom stereocenters. The molecule has 2 N–H and O–H groups in total. The molecule has 30 heavy (non-hydrogen) atoms. The van der Waals surface area contributed by atoms with Crippen LogP contribution in [-0.4, -0.2) is 44.4 Å². The van der Waals surface area contributed by atoms with Crippen LogP contribution < -0.4 is 5.73 Å². The molecule has 3 aromatic rings. The van der Waals surface area contributed by atoms with Gasteiger partial charge in [-0.1, -0.05) is 44.2 Å². The predicted molar refractivity (Wildman–Crippen MR) is 111 cm³/mol. The Kier molecular flexibility index (Phi) is 5.57. The minimum Gasteiger partial charge on any atom is -0.366 e. The number of ketones is 1. The molecule has 1 aromatic carbocycles. The van der Waals surface area contributed by atoms with Gasteiger partial charge in [-0.25, -0.2) is 16.8 Å². The minimum atomic E-state index is -4.14. The Hall–Kier alpha value is -2.98. The molecular weight excluding hydrogens is 428 g/mol. The van der Waals surface area contributed by atoms with Crippen molar-refractivity contribution in [3.8, 4) is 0 Å². The van der Waals surface area contributed by atoms with Gasteiger partial charge in [-0.2, -0.15) is 0 Å². The van der Waals surface area contributed by atoms with E-state index in [9.17, 15) is 26.4 Å². The van der Waals surface area contributed by atoms with E-state index in [0.717, 1.165) is 10.6 Å². The van der Waals surface area contributed by atoms with Crippen molar-refractivity contribution in [3.63, 3.8) is 0 Å². The first-order valence-electron chi connectivity index (χ1n) is 9.08. The third-order valence-electron chi connectivity index (χ3n) is 4.76. The van der Waals surface area contributed by atoms with Gasteiger partial charge < -0.3 is 10.1 Å². The number of hydrogen-bond donors (Lipinski definition) is 1. The highest BCUT2D eigenvalue weighted by molar-refractivity contribution is 7.94. The summed E-state index contributed by atoms with van der Waals surface area (Å²) in [4.78, 5) is 24.4. The lowest BCUT2D eigenvalue weighted by atomic mass is 10.0. The number of pyridine rings is 1. The number of aromatic nitrogens is 1. The van der Waals surface area contributed by atoms with Crippen molar-refractivity contribution < 1.29 is 26.4 Å². The first kappa shape index (κ1) is 21.7. The molecule has 0 radical (unpaired) electrons. The monoisotopic (exact) mass is 448 g/mol. The molecule has 2 aromatic heterocycles. The van der Waals surface area contributed by atoms with E-state index < -0.39 is 52.8 Å². The van der Waals surface area contributed by atoms with Crippen LogP contribution in [-0.2, 0) is 19.7 Å². The number of hydrogen-bond acceptors (Lipinski definition) is 6. The van der Waals surface area contributed by atoms with Gasteiger partial charge in [0.25, 0.3) is 0 Å². The summed E-state index contributed by atoms with van der Waals surface area (Å²) in [5.41, 5.74) is 5.32. The van der Waals surface area contributed by atoms with Gasteiger partial charge in [-0.05, 0) is 12.1 Å². The van der Waals surface area contributed by atoms with Crippen molar-refractivity contribution in [1.29, 1.82) is 0 Å². The minimum absolute atomic E-state index is 0.0239. The molecule has 0 fully saturated rings. The number of amides is 1. The maximum atomic E-state index is 13.3. The molecule has 0 atom stereocenters. The average molecular weight is 449 g/mol. The van der Waals surface area contributed by atoms with Gasteiger partial charge >= 0.3 is 0 Å². The molecule has 0 aliphatic rings. The van der Waals surface area contributed by atoms with Crippen LogP contribution >= 0.6 is 0 Å². The van der Waals surface area contributed by atoms with Crippen LogP contribution in [0.5, 0.6) is 0 Å². The second kappa shape index (κ2) is 7.69. The molecule has 0 saturated heterocycles. The van der Waals surface area contributed by atoms with Crippen LogP contribution in [0, 0.1) is 0 Å². The van der Waals surface area contributed by atoms with Crippen LogP contribution in [0.15, 0.2) is 58.6 Å². The van der Waals surface area contributed by atoms with E-state index in [2.05, 4.69) is 0 Å². The highest BCUT2D eigenvalue weighted by atomic mass is 32.2. The molecule has 0 spiro atoms. The quantitative estimate of drug-likeness (QED) is 0.549. The fourth-order valence-corrected chi connectivity index (χ4v) is 6.20. The Bertz CT molecular complexity index is 1370. The first-order valence-corrected chi connectivity index (χ1v) is 12.4. The van der Waals surface area contributed by atoms with E-state index >= 15 is 0 Å². The third kappa shape index (κ3) is 3.52. The first-order chi connectivity index (χ1) is 14.0. The molecule has 1 amide bonds. The molecular formula is C20H20N2O6S2. The van der Waals surface area contributed by atoms with Gasteiger partial charge in [0.1, 0.15) is 4.90 Å². The van der Waals surface area contributed by atoms with E-state index in [-0.39, 0.29) is 22.2 Å². The number of benzene rings is 1. The lowest BCUT2D eigenvalue weighted by Crippen LogP contribution is -2.16. The van der Waals surface area contributed by atoms with Gasteiger partial charge in [-0.3, -0.25) is 9.59 Å². The van der Waals surface area contributed by atoms with E-state index in [4.69, 9.17) is 5.73 Å². The Morgan fingerprint density at radius 3 is 2.00 bits per heavy atom. The second-order valence-corrected chi connectivity index (χ2v) is 11.0. The van der Waals surface area contributed by atoms with Gasteiger partial charge in [0, 0.05) is 11.8 Å². The van der Waals surface area contributed by atoms with Crippen molar-refractivity contribution in [2.45, 2.75) is 23.8 Å². The number of primary amides is 1. The van der Waals surface area contributed by atoms with E-state index in [0.29, 0.717) is 0 Å². The predicted octanol–water partition coefficient (Wildman–Crippen LogP) is 1.86. The van der Waals surface area contributed by atoms with Crippen molar-refractivity contribution in [1.82, 2.24) is 4.40 Å². The van der Waals surface area contributed by atoms with Crippen LogP contribution in [0.2, 0.25) is 0 Å². The maximum Gasteiger partial charge on any atom is 0.250 e. The van der Waals surface area contributed by atoms with Crippen molar-refractivity contribution in [2.75, 3.05) is 11.5 Å². The number of carbonyl (C=O) groups is 2. The van der Waals surface area contributed by atoms with Crippen LogP contribution in [0.4, 0.5) is 0 Å². The van der Waals surface area contributed by atoms with Gasteiger partial charge in [0.15, 0.2) is 30.5 Å². The van der Waals surface area contributed by atoms with Crippen LogP contribution in [0.3, 0.4) is 0 Å². The largest absolute Gasteiger partial charge is 0.366 e. The summed E-state index contributed by atoms with van der Waals surface area (Å²) in [6, 6.07) is 10.6.